The number of rotatable bonds is 8. The second-order valence-corrected chi connectivity index (χ2v) is 5.81. The first-order valence-electron chi connectivity index (χ1n) is 8.59. The van der Waals surface area contributed by atoms with Crippen LogP contribution in [-0.4, -0.2) is 32.3 Å². The molecule has 0 unspecified atom stereocenters. The van der Waals surface area contributed by atoms with E-state index in [4.69, 9.17) is 19.5 Å². The van der Waals surface area contributed by atoms with Gasteiger partial charge in [-0.25, -0.2) is 9.59 Å². The number of hydrogen-bond donors (Lipinski definition) is 0. The quantitative estimate of drug-likeness (QED) is 0.303. The van der Waals surface area contributed by atoms with E-state index < -0.39 is 11.9 Å². The largest absolute Gasteiger partial charge is 0.463 e. The smallest absolute Gasteiger partial charge is 0.343 e. The third-order valence-corrected chi connectivity index (χ3v) is 3.75. The van der Waals surface area contributed by atoms with Gasteiger partial charge in [-0.05, 0) is 55.2 Å². The number of ether oxygens (including phenoxy) is 3. The molecule has 1 aromatic rings. The van der Waals surface area contributed by atoms with Crippen LogP contribution in [-0.2, 0) is 19.1 Å². The minimum Gasteiger partial charge on any atom is -0.463 e. The Labute approximate surface area is 158 Å². The number of unbranched alkanes of at least 4 members (excludes halogenated alkanes) is 1. The zero-order chi connectivity index (χ0) is 19.5. The van der Waals surface area contributed by atoms with Crippen LogP contribution in [0.15, 0.2) is 59.7 Å². The van der Waals surface area contributed by atoms with Crippen LogP contribution < -0.4 is 4.74 Å². The van der Waals surface area contributed by atoms with Crippen molar-refractivity contribution in [2.45, 2.75) is 19.3 Å². The van der Waals surface area contributed by atoms with Crippen LogP contribution in [0.25, 0.3) is 0 Å². The molecule has 0 aromatic heterocycles. The normalized spacial score (nSPS) is 14.4. The number of methoxy groups -OCH3 is 1. The molecule has 2 rings (SSSR count). The molecule has 0 bridgehead atoms. The fraction of sp³-hybridized carbons (Fsp3) is 0.286. The molecule has 0 radical (unpaired) electrons. The molecule has 6 heteroatoms. The van der Waals surface area contributed by atoms with E-state index in [1.165, 1.54) is 6.08 Å². The highest BCUT2D eigenvalue weighted by molar-refractivity contribution is 5.94. The van der Waals surface area contributed by atoms with E-state index in [9.17, 15) is 9.59 Å². The highest BCUT2D eigenvalue weighted by atomic mass is 16.5. The lowest BCUT2D eigenvalue weighted by Crippen LogP contribution is -2.11. The first kappa shape index (κ1) is 20.1. The Morgan fingerprint density at radius 1 is 1.15 bits per heavy atom. The number of esters is 2. The van der Waals surface area contributed by atoms with Gasteiger partial charge in [0.15, 0.2) is 0 Å². The Kier molecular flexibility index (Phi) is 8.01. The van der Waals surface area contributed by atoms with Crippen molar-refractivity contribution >= 4 is 11.9 Å². The van der Waals surface area contributed by atoms with Crippen LogP contribution >= 0.6 is 0 Å². The van der Waals surface area contributed by atoms with E-state index in [1.807, 2.05) is 6.07 Å². The minimum atomic E-state index is -0.490. The van der Waals surface area contributed by atoms with Gasteiger partial charge in [-0.2, -0.15) is 5.26 Å². The molecule has 0 saturated heterocycles. The summed E-state index contributed by atoms with van der Waals surface area (Å²) >= 11 is 0. The predicted octanol–water partition coefficient (Wildman–Crippen LogP) is 3.25. The molecule has 140 valence electrons. The summed E-state index contributed by atoms with van der Waals surface area (Å²) in [4.78, 5) is 23.9. The van der Waals surface area contributed by atoms with Crippen molar-refractivity contribution in [3.8, 4) is 11.8 Å². The molecule has 0 spiro atoms. The van der Waals surface area contributed by atoms with Crippen LogP contribution in [0, 0.1) is 11.3 Å². The molecule has 0 amide bonds. The van der Waals surface area contributed by atoms with E-state index in [1.54, 1.807) is 49.6 Å². The molecule has 0 atom stereocenters. The second-order valence-electron chi connectivity index (χ2n) is 5.81. The zero-order valence-corrected chi connectivity index (χ0v) is 15.1. The molecule has 27 heavy (non-hydrogen) atoms. The Morgan fingerprint density at radius 3 is 2.52 bits per heavy atom. The number of hydrogen-bond acceptors (Lipinski definition) is 6. The first-order chi connectivity index (χ1) is 13.1. The van der Waals surface area contributed by atoms with Gasteiger partial charge in [0.05, 0.1) is 23.8 Å². The average molecular weight is 367 g/mol. The van der Waals surface area contributed by atoms with Gasteiger partial charge in [-0.1, -0.05) is 12.2 Å². The second kappa shape index (κ2) is 10.7. The van der Waals surface area contributed by atoms with Crippen molar-refractivity contribution in [2.75, 3.05) is 20.3 Å². The third-order valence-electron chi connectivity index (χ3n) is 3.75. The maximum atomic E-state index is 12.2. The van der Waals surface area contributed by atoms with Crippen molar-refractivity contribution in [2.24, 2.45) is 0 Å². The Hall–Kier alpha value is -3.17. The SMILES string of the molecule is COCCCCOC(=O)C=C1C=CC(C(=O)Oc2ccc(C#N)cc2)=CC1. The van der Waals surface area contributed by atoms with Gasteiger partial charge in [0.1, 0.15) is 5.75 Å². The monoisotopic (exact) mass is 367 g/mol. The summed E-state index contributed by atoms with van der Waals surface area (Å²) in [5.74, 6) is -0.522. The topological polar surface area (TPSA) is 85.6 Å². The van der Waals surface area contributed by atoms with Gasteiger partial charge in [-0.15, -0.1) is 0 Å². The molecule has 0 N–H and O–H groups in total. The van der Waals surface area contributed by atoms with Crippen molar-refractivity contribution in [3.63, 3.8) is 0 Å². The third kappa shape index (κ3) is 6.92. The molecule has 1 aliphatic carbocycles. The van der Waals surface area contributed by atoms with Gasteiger partial charge < -0.3 is 14.2 Å². The summed E-state index contributed by atoms with van der Waals surface area (Å²) in [6, 6.07) is 8.29. The van der Waals surface area contributed by atoms with Crippen molar-refractivity contribution in [1.82, 2.24) is 0 Å². The molecule has 1 aliphatic rings. The van der Waals surface area contributed by atoms with Gasteiger partial charge in [-0.3, -0.25) is 0 Å². The number of nitrogens with zero attached hydrogens (tertiary/aromatic N) is 1. The zero-order valence-electron chi connectivity index (χ0n) is 15.1. The lowest BCUT2D eigenvalue weighted by atomic mass is 10.0. The van der Waals surface area contributed by atoms with E-state index in [0.717, 1.165) is 18.4 Å². The van der Waals surface area contributed by atoms with Crippen LogP contribution in [0.2, 0.25) is 0 Å². The Balaban J connectivity index is 1.81. The number of benzene rings is 1. The van der Waals surface area contributed by atoms with Gasteiger partial charge in [0.2, 0.25) is 0 Å². The number of carbonyl (C=O) groups is 2. The van der Waals surface area contributed by atoms with Crippen LogP contribution in [0.5, 0.6) is 5.75 Å². The van der Waals surface area contributed by atoms with Crippen molar-refractivity contribution < 1.29 is 23.8 Å². The van der Waals surface area contributed by atoms with Crippen LogP contribution in [0.3, 0.4) is 0 Å². The maximum Gasteiger partial charge on any atom is 0.343 e. The fourth-order valence-corrected chi connectivity index (χ4v) is 2.30. The molecular weight excluding hydrogens is 346 g/mol. The molecular formula is C21H21NO5. The number of allylic oxidation sites excluding steroid dienone is 3. The highest BCUT2D eigenvalue weighted by Crippen LogP contribution is 2.19. The lowest BCUT2D eigenvalue weighted by molar-refractivity contribution is -0.138. The fourth-order valence-electron chi connectivity index (χ4n) is 2.30. The maximum absolute atomic E-state index is 12.2. The number of carbonyl (C=O) groups excluding carboxylic acids is 2. The minimum absolute atomic E-state index is 0.355. The van der Waals surface area contributed by atoms with Gasteiger partial charge in [0, 0.05) is 19.8 Å². The molecule has 0 fully saturated rings. The molecule has 1 aromatic carbocycles. The Morgan fingerprint density at radius 2 is 1.89 bits per heavy atom. The lowest BCUT2D eigenvalue weighted by Gasteiger charge is -2.09. The van der Waals surface area contributed by atoms with E-state index in [0.29, 0.717) is 36.5 Å². The standard InChI is InChI=1S/C21H21NO5/c1-25-12-2-3-13-26-20(23)14-16-4-8-18(9-5-16)21(24)27-19-10-6-17(15-22)7-11-19/h4,6-11,14H,2-3,5,12-13H2,1H3. The van der Waals surface area contributed by atoms with E-state index >= 15 is 0 Å². The van der Waals surface area contributed by atoms with Crippen molar-refractivity contribution in [3.05, 3.63) is 65.3 Å². The van der Waals surface area contributed by atoms with Gasteiger partial charge in [0.25, 0.3) is 0 Å². The summed E-state index contributed by atoms with van der Waals surface area (Å²) < 4.78 is 15.3. The summed E-state index contributed by atoms with van der Waals surface area (Å²) in [6.07, 6.45) is 8.45. The van der Waals surface area contributed by atoms with Crippen molar-refractivity contribution in [1.29, 1.82) is 5.26 Å². The van der Waals surface area contributed by atoms with Crippen LogP contribution in [0.4, 0.5) is 0 Å². The van der Waals surface area contributed by atoms with E-state index in [-0.39, 0.29) is 0 Å². The Bertz CT molecular complexity index is 797. The highest BCUT2D eigenvalue weighted by Gasteiger charge is 2.13. The average Bonchev–Trinajstić information content (AvgIpc) is 2.69. The predicted molar refractivity (Wildman–Crippen MR) is 98.8 cm³/mol. The summed E-state index contributed by atoms with van der Waals surface area (Å²) in [6.45, 7) is 1.00. The summed E-state index contributed by atoms with van der Waals surface area (Å²) in [5, 5.41) is 8.76. The van der Waals surface area contributed by atoms with Gasteiger partial charge >= 0.3 is 11.9 Å². The molecule has 0 saturated carbocycles. The number of nitriles is 1. The molecule has 0 aliphatic heterocycles. The summed E-state index contributed by atoms with van der Waals surface area (Å²) in [5.41, 5.74) is 1.66. The molecule has 6 nitrogen and oxygen atoms in total. The van der Waals surface area contributed by atoms with E-state index in [2.05, 4.69) is 0 Å². The van der Waals surface area contributed by atoms with Crippen LogP contribution in [0.1, 0.15) is 24.8 Å². The molecule has 0 heterocycles. The first-order valence-corrected chi connectivity index (χ1v) is 8.59. The summed E-state index contributed by atoms with van der Waals surface area (Å²) in [7, 11) is 1.63.